The second kappa shape index (κ2) is 5.89. The van der Waals surface area contributed by atoms with Gasteiger partial charge in [0.05, 0.1) is 11.8 Å². The summed E-state index contributed by atoms with van der Waals surface area (Å²) in [6.45, 7) is -0.526. The number of benzene rings is 2. The van der Waals surface area contributed by atoms with E-state index in [1.54, 1.807) is 36.4 Å². The predicted molar refractivity (Wildman–Crippen MR) is 82.9 cm³/mol. The van der Waals surface area contributed by atoms with E-state index in [1.165, 1.54) is 6.07 Å². The van der Waals surface area contributed by atoms with Crippen LogP contribution in [0, 0.1) is 10.1 Å². The molecule has 2 aromatic rings. The molecule has 0 radical (unpaired) electrons. The monoisotopic (exact) mass is 333 g/mol. The van der Waals surface area contributed by atoms with Gasteiger partial charge in [-0.2, -0.15) is 0 Å². The fraction of sp³-hybridized carbons (Fsp3) is 0.188. The molecule has 23 heavy (non-hydrogen) atoms. The predicted octanol–water partition coefficient (Wildman–Crippen LogP) is 3.67. The zero-order valence-electron chi connectivity index (χ0n) is 11.8. The number of ether oxygens (including phenoxy) is 1. The van der Waals surface area contributed by atoms with Crippen LogP contribution in [-0.2, 0) is 4.79 Å². The van der Waals surface area contributed by atoms with Crippen molar-refractivity contribution in [2.75, 3.05) is 6.54 Å². The molecule has 2 atom stereocenters. The molecule has 0 amide bonds. The number of nitro groups is 1. The van der Waals surface area contributed by atoms with Crippen LogP contribution in [0.25, 0.3) is 0 Å². The Morgan fingerprint density at radius 3 is 2.61 bits per heavy atom. The molecule has 7 heteroatoms. The van der Waals surface area contributed by atoms with Crippen LogP contribution in [0.1, 0.15) is 23.0 Å². The van der Waals surface area contributed by atoms with Crippen LogP contribution in [0.15, 0.2) is 42.5 Å². The topological polar surface area (TPSA) is 89.7 Å². The maximum Gasteiger partial charge on any atom is 0.312 e. The third-order valence-electron chi connectivity index (χ3n) is 3.86. The second-order valence-electron chi connectivity index (χ2n) is 5.26. The number of carboxylic acids is 1. The molecule has 0 aliphatic carbocycles. The molecule has 6 nitrogen and oxygen atoms in total. The SMILES string of the molecule is O=C(O)[C@@H]1c2ccccc2Oc2ccc(Cl)cc2[C@H]1C[N+](=O)[O-]. The Balaban J connectivity index is 2.26. The second-order valence-corrected chi connectivity index (χ2v) is 5.70. The minimum Gasteiger partial charge on any atom is -0.481 e. The Hall–Kier alpha value is -2.60. The molecule has 0 saturated heterocycles. The lowest BCUT2D eigenvalue weighted by atomic mass is 9.81. The number of hydrogen-bond acceptors (Lipinski definition) is 4. The van der Waals surface area contributed by atoms with Crippen molar-refractivity contribution in [2.24, 2.45) is 0 Å². The Kier molecular flexibility index (Phi) is 3.92. The van der Waals surface area contributed by atoms with Gasteiger partial charge in [-0.3, -0.25) is 14.9 Å². The number of nitrogens with zero attached hydrogens (tertiary/aromatic N) is 1. The molecular weight excluding hydrogens is 322 g/mol. The Labute approximate surface area is 136 Å². The zero-order chi connectivity index (χ0) is 16.6. The number of carboxylic acid groups (broad SMARTS) is 1. The quantitative estimate of drug-likeness (QED) is 0.683. The van der Waals surface area contributed by atoms with Gasteiger partial charge < -0.3 is 9.84 Å². The van der Waals surface area contributed by atoms with Crippen molar-refractivity contribution in [1.29, 1.82) is 0 Å². The first-order valence-electron chi connectivity index (χ1n) is 6.88. The van der Waals surface area contributed by atoms with Gasteiger partial charge in [-0.05, 0) is 24.3 Å². The third-order valence-corrected chi connectivity index (χ3v) is 4.09. The number of rotatable bonds is 3. The highest BCUT2D eigenvalue weighted by atomic mass is 35.5. The van der Waals surface area contributed by atoms with Crippen LogP contribution < -0.4 is 4.74 Å². The lowest BCUT2D eigenvalue weighted by Gasteiger charge is -2.20. The maximum atomic E-state index is 11.8. The van der Waals surface area contributed by atoms with E-state index in [0.717, 1.165) is 0 Å². The van der Waals surface area contributed by atoms with Crippen molar-refractivity contribution < 1.29 is 19.6 Å². The van der Waals surface area contributed by atoms with E-state index in [2.05, 4.69) is 0 Å². The van der Waals surface area contributed by atoms with Crippen LogP contribution in [-0.4, -0.2) is 22.5 Å². The molecule has 3 rings (SSSR count). The van der Waals surface area contributed by atoms with Crippen molar-refractivity contribution in [1.82, 2.24) is 0 Å². The lowest BCUT2D eigenvalue weighted by Crippen LogP contribution is -2.25. The Morgan fingerprint density at radius 1 is 1.22 bits per heavy atom. The fourth-order valence-electron chi connectivity index (χ4n) is 2.92. The van der Waals surface area contributed by atoms with E-state index < -0.39 is 29.3 Å². The van der Waals surface area contributed by atoms with E-state index in [0.29, 0.717) is 27.6 Å². The summed E-state index contributed by atoms with van der Waals surface area (Å²) in [7, 11) is 0. The smallest absolute Gasteiger partial charge is 0.312 e. The molecule has 0 fully saturated rings. The molecule has 0 spiro atoms. The first kappa shape index (κ1) is 15.3. The van der Waals surface area contributed by atoms with Gasteiger partial charge in [0.25, 0.3) is 0 Å². The van der Waals surface area contributed by atoms with E-state index >= 15 is 0 Å². The zero-order valence-corrected chi connectivity index (χ0v) is 12.6. The summed E-state index contributed by atoms with van der Waals surface area (Å²) in [5.41, 5.74) is 0.844. The third kappa shape index (κ3) is 2.85. The summed E-state index contributed by atoms with van der Waals surface area (Å²) in [6, 6.07) is 11.4. The summed E-state index contributed by atoms with van der Waals surface area (Å²) in [6.07, 6.45) is 0. The van der Waals surface area contributed by atoms with Crippen LogP contribution in [0.3, 0.4) is 0 Å². The number of halogens is 1. The van der Waals surface area contributed by atoms with Crippen molar-refractivity contribution in [3.05, 3.63) is 68.7 Å². The molecular formula is C16H12ClNO5. The van der Waals surface area contributed by atoms with Crippen molar-refractivity contribution in [3.63, 3.8) is 0 Å². The molecule has 118 valence electrons. The standard InChI is InChI=1S/C16H12ClNO5/c17-9-5-6-14-11(7-9)12(8-18(21)22)15(16(19)20)10-3-1-2-4-13(10)23-14/h1-7,12,15H,8H2,(H,19,20)/t12-,15-/m1/s1. The number of aliphatic carboxylic acids is 1. The normalized spacial score (nSPS) is 19.0. The van der Waals surface area contributed by atoms with Gasteiger partial charge in [0, 0.05) is 21.1 Å². The summed E-state index contributed by atoms with van der Waals surface area (Å²) in [5, 5.41) is 21.1. The van der Waals surface area contributed by atoms with Crippen molar-refractivity contribution >= 4 is 17.6 Å². The Morgan fingerprint density at radius 2 is 1.91 bits per heavy atom. The highest BCUT2D eigenvalue weighted by Crippen LogP contribution is 2.47. The number of hydrogen-bond donors (Lipinski definition) is 1. The molecule has 2 aromatic carbocycles. The molecule has 0 aromatic heterocycles. The first-order chi connectivity index (χ1) is 11.0. The number of para-hydroxylation sites is 1. The average molecular weight is 334 g/mol. The summed E-state index contributed by atoms with van der Waals surface area (Å²) < 4.78 is 5.81. The van der Waals surface area contributed by atoms with Crippen LogP contribution in [0.4, 0.5) is 0 Å². The highest BCUT2D eigenvalue weighted by molar-refractivity contribution is 6.30. The van der Waals surface area contributed by atoms with Gasteiger partial charge in [0.2, 0.25) is 6.54 Å². The minimum absolute atomic E-state index is 0.371. The molecule has 0 bridgehead atoms. The first-order valence-corrected chi connectivity index (χ1v) is 7.26. The van der Waals surface area contributed by atoms with Gasteiger partial charge in [-0.1, -0.05) is 29.8 Å². The summed E-state index contributed by atoms with van der Waals surface area (Å²) >= 11 is 6.00. The van der Waals surface area contributed by atoms with Crippen molar-refractivity contribution in [3.8, 4) is 11.5 Å². The van der Waals surface area contributed by atoms with E-state index in [4.69, 9.17) is 16.3 Å². The van der Waals surface area contributed by atoms with Crippen LogP contribution >= 0.6 is 11.6 Å². The average Bonchev–Trinajstić information content (AvgIpc) is 2.61. The molecule has 1 N–H and O–H groups in total. The molecule has 1 heterocycles. The van der Waals surface area contributed by atoms with Crippen molar-refractivity contribution in [2.45, 2.75) is 11.8 Å². The lowest BCUT2D eigenvalue weighted by molar-refractivity contribution is -0.483. The largest absolute Gasteiger partial charge is 0.481 e. The van der Waals surface area contributed by atoms with Crippen LogP contribution in [0.5, 0.6) is 11.5 Å². The minimum atomic E-state index is -1.14. The number of carbonyl (C=O) groups is 1. The van der Waals surface area contributed by atoms with Gasteiger partial charge in [-0.25, -0.2) is 0 Å². The van der Waals surface area contributed by atoms with E-state index in [9.17, 15) is 20.0 Å². The van der Waals surface area contributed by atoms with Crippen LogP contribution in [0.2, 0.25) is 5.02 Å². The van der Waals surface area contributed by atoms with Gasteiger partial charge in [0.1, 0.15) is 11.5 Å². The fourth-order valence-corrected chi connectivity index (χ4v) is 3.10. The van der Waals surface area contributed by atoms with Gasteiger partial charge in [0.15, 0.2) is 0 Å². The van der Waals surface area contributed by atoms with E-state index in [-0.39, 0.29) is 0 Å². The highest BCUT2D eigenvalue weighted by Gasteiger charge is 2.40. The summed E-state index contributed by atoms with van der Waals surface area (Å²) in [4.78, 5) is 22.4. The molecule has 1 aliphatic heterocycles. The number of fused-ring (bicyclic) bond motifs is 2. The van der Waals surface area contributed by atoms with Gasteiger partial charge in [-0.15, -0.1) is 0 Å². The van der Waals surface area contributed by atoms with Gasteiger partial charge >= 0.3 is 5.97 Å². The molecule has 0 unspecified atom stereocenters. The Bertz CT molecular complexity index is 792. The maximum absolute atomic E-state index is 11.8. The van der Waals surface area contributed by atoms with E-state index in [1.807, 2.05) is 0 Å². The molecule has 1 aliphatic rings. The molecule has 0 saturated carbocycles. The summed E-state index contributed by atoms with van der Waals surface area (Å²) in [5.74, 6) is -2.33.